The van der Waals surface area contributed by atoms with E-state index in [0.717, 1.165) is 12.5 Å². The Hall–Kier alpha value is -1.90. The number of rotatable bonds is 10. The lowest BCUT2D eigenvalue weighted by atomic mass is 10.1. The van der Waals surface area contributed by atoms with Crippen molar-refractivity contribution in [2.24, 2.45) is 11.5 Å². The molecule has 1 rings (SSSR count). The lowest BCUT2D eigenvalue weighted by molar-refractivity contribution is -0.384. The van der Waals surface area contributed by atoms with Crippen LogP contribution in [0.15, 0.2) is 12.1 Å². The number of nitrogens with two attached hydrogens (primary N) is 2. The molecule has 0 saturated carbocycles. The summed E-state index contributed by atoms with van der Waals surface area (Å²) in [6, 6.07) is 2.31. The van der Waals surface area contributed by atoms with E-state index in [-0.39, 0.29) is 29.0 Å². The largest absolute Gasteiger partial charge is 0.492 e. The first-order chi connectivity index (χ1) is 10.9. The summed E-state index contributed by atoms with van der Waals surface area (Å²) in [5, 5.41) is 10.8. The van der Waals surface area contributed by atoms with Gasteiger partial charge < -0.3 is 20.9 Å². The van der Waals surface area contributed by atoms with Crippen LogP contribution < -0.4 is 16.2 Å². The minimum Gasteiger partial charge on any atom is -0.492 e. The molecule has 1 amide bonds. The zero-order valence-corrected chi connectivity index (χ0v) is 13.5. The normalized spacial score (nSPS) is 12.0. The molecule has 1 aromatic rings. The number of primary amides is 1. The number of amides is 1. The SMILES string of the molecule is CC(CCOc1cc(C(N)=O)cc([N+](=O)[O-])c1Cl)OCCCN. The molecule has 128 valence electrons. The van der Waals surface area contributed by atoms with Gasteiger partial charge in [0.25, 0.3) is 5.69 Å². The van der Waals surface area contributed by atoms with Crippen LogP contribution in [0.4, 0.5) is 5.69 Å². The molecule has 1 aromatic carbocycles. The van der Waals surface area contributed by atoms with Crippen molar-refractivity contribution >= 4 is 23.2 Å². The van der Waals surface area contributed by atoms with Gasteiger partial charge in [-0.3, -0.25) is 14.9 Å². The maximum Gasteiger partial charge on any atom is 0.292 e. The molecule has 0 aliphatic heterocycles. The first-order valence-corrected chi connectivity index (χ1v) is 7.46. The van der Waals surface area contributed by atoms with Crippen molar-refractivity contribution in [3.8, 4) is 5.75 Å². The summed E-state index contributed by atoms with van der Waals surface area (Å²) in [4.78, 5) is 21.5. The quantitative estimate of drug-likeness (QED) is 0.378. The monoisotopic (exact) mass is 345 g/mol. The molecule has 1 unspecified atom stereocenters. The van der Waals surface area contributed by atoms with Crippen LogP contribution >= 0.6 is 11.6 Å². The molecule has 0 bridgehead atoms. The highest BCUT2D eigenvalue weighted by Crippen LogP contribution is 2.35. The van der Waals surface area contributed by atoms with E-state index in [2.05, 4.69) is 0 Å². The van der Waals surface area contributed by atoms with Crippen LogP contribution in [-0.4, -0.2) is 36.7 Å². The third kappa shape index (κ3) is 6.01. The summed E-state index contributed by atoms with van der Waals surface area (Å²) in [6.45, 7) is 3.22. The van der Waals surface area contributed by atoms with Crippen LogP contribution in [0.2, 0.25) is 5.02 Å². The summed E-state index contributed by atoms with van der Waals surface area (Å²) in [6.07, 6.45) is 1.26. The van der Waals surface area contributed by atoms with Gasteiger partial charge in [0.1, 0.15) is 5.75 Å². The van der Waals surface area contributed by atoms with Crippen molar-refractivity contribution in [3.05, 3.63) is 32.8 Å². The first-order valence-electron chi connectivity index (χ1n) is 7.09. The molecule has 0 spiro atoms. The van der Waals surface area contributed by atoms with Crippen LogP contribution in [0.1, 0.15) is 30.1 Å². The van der Waals surface area contributed by atoms with Crippen molar-refractivity contribution in [2.45, 2.75) is 25.9 Å². The van der Waals surface area contributed by atoms with Gasteiger partial charge in [-0.15, -0.1) is 0 Å². The molecule has 8 nitrogen and oxygen atoms in total. The third-order valence-electron chi connectivity index (χ3n) is 3.03. The number of nitrogens with zero attached hydrogens (tertiary/aromatic N) is 1. The second-order valence-corrected chi connectivity index (χ2v) is 5.27. The van der Waals surface area contributed by atoms with Crippen LogP contribution in [0, 0.1) is 10.1 Å². The van der Waals surface area contributed by atoms with Gasteiger partial charge in [0.05, 0.1) is 17.6 Å². The number of carbonyl (C=O) groups excluding carboxylic acids is 1. The fourth-order valence-corrected chi connectivity index (χ4v) is 1.98. The Morgan fingerprint density at radius 3 is 2.70 bits per heavy atom. The summed E-state index contributed by atoms with van der Waals surface area (Å²) in [5.74, 6) is -0.753. The zero-order valence-electron chi connectivity index (χ0n) is 12.8. The smallest absolute Gasteiger partial charge is 0.292 e. The Morgan fingerprint density at radius 2 is 2.13 bits per heavy atom. The van der Waals surface area contributed by atoms with Crippen LogP contribution in [0.25, 0.3) is 0 Å². The second-order valence-electron chi connectivity index (χ2n) is 4.89. The van der Waals surface area contributed by atoms with E-state index in [1.807, 2.05) is 6.92 Å². The summed E-state index contributed by atoms with van der Waals surface area (Å²) >= 11 is 5.93. The molecule has 4 N–H and O–H groups in total. The number of hydrogen-bond donors (Lipinski definition) is 2. The summed E-state index contributed by atoms with van der Waals surface area (Å²) in [5.41, 5.74) is 10.1. The van der Waals surface area contributed by atoms with Crippen molar-refractivity contribution in [1.29, 1.82) is 0 Å². The Labute approximate surface area is 138 Å². The molecule has 0 saturated heterocycles. The molecular formula is C14H20ClN3O5. The van der Waals surface area contributed by atoms with Gasteiger partial charge in [-0.25, -0.2) is 0 Å². The Balaban J connectivity index is 2.72. The van der Waals surface area contributed by atoms with Gasteiger partial charge in [0, 0.05) is 24.7 Å². The number of nitro benzene ring substituents is 1. The predicted molar refractivity (Wildman–Crippen MR) is 85.8 cm³/mol. The van der Waals surface area contributed by atoms with Crippen LogP contribution in [0.3, 0.4) is 0 Å². The molecule has 1 atom stereocenters. The first kappa shape index (κ1) is 19.1. The maximum absolute atomic E-state index is 11.2. The van der Waals surface area contributed by atoms with E-state index < -0.39 is 16.5 Å². The third-order valence-corrected chi connectivity index (χ3v) is 3.41. The Kier molecular flexibility index (Phi) is 7.73. The van der Waals surface area contributed by atoms with Gasteiger partial charge in [0.15, 0.2) is 5.02 Å². The van der Waals surface area contributed by atoms with Crippen LogP contribution in [-0.2, 0) is 4.74 Å². The van der Waals surface area contributed by atoms with Gasteiger partial charge >= 0.3 is 0 Å². The zero-order chi connectivity index (χ0) is 17.4. The summed E-state index contributed by atoms with van der Waals surface area (Å²) in [7, 11) is 0. The number of carbonyl (C=O) groups is 1. The minimum atomic E-state index is -0.798. The Morgan fingerprint density at radius 1 is 1.43 bits per heavy atom. The van der Waals surface area contributed by atoms with Crippen molar-refractivity contribution in [1.82, 2.24) is 0 Å². The highest BCUT2D eigenvalue weighted by atomic mass is 35.5. The van der Waals surface area contributed by atoms with E-state index in [9.17, 15) is 14.9 Å². The summed E-state index contributed by atoms with van der Waals surface area (Å²) < 4.78 is 10.9. The van der Waals surface area contributed by atoms with E-state index >= 15 is 0 Å². The lowest BCUT2D eigenvalue weighted by Crippen LogP contribution is -2.16. The highest BCUT2D eigenvalue weighted by molar-refractivity contribution is 6.34. The minimum absolute atomic E-state index is 0.0386. The van der Waals surface area contributed by atoms with Gasteiger partial charge in [-0.05, 0) is 26.0 Å². The molecule has 0 aromatic heterocycles. The van der Waals surface area contributed by atoms with Crippen molar-refractivity contribution in [2.75, 3.05) is 19.8 Å². The van der Waals surface area contributed by atoms with Crippen molar-refractivity contribution < 1.29 is 19.2 Å². The standard InChI is InChI=1S/C14H20ClN3O5/c1-9(22-5-2-4-16)3-6-23-12-8-10(14(17)19)7-11(13(12)15)18(20)21/h7-9H,2-6,16H2,1H3,(H2,17,19). The van der Waals surface area contributed by atoms with E-state index in [4.69, 9.17) is 32.5 Å². The molecule has 0 fully saturated rings. The highest BCUT2D eigenvalue weighted by Gasteiger charge is 2.21. The molecule has 0 aliphatic rings. The number of nitro groups is 1. The number of halogens is 1. The predicted octanol–water partition coefficient (Wildman–Crippen LogP) is 1.87. The fraction of sp³-hybridized carbons (Fsp3) is 0.500. The molecule has 0 radical (unpaired) electrons. The van der Waals surface area contributed by atoms with Crippen LogP contribution in [0.5, 0.6) is 5.75 Å². The second kappa shape index (κ2) is 9.29. The van der Waals surface area contributed by atoms with E-state index in [1.54, 1.807) is 0 Å². The molecule has 9 heteroatoms. The number of ether oxygens (including phenoxy) is 2. The molecule has 0 aliphatic carbocycles. The molecule has 23 heavy (non-hydrogen) atoms. The van der Waals surface area contributed by atoms with Gasteiger partial charge in [0.2, 0.25) is 5.91 Å². The average molecular weight is 346 g/mol. The maximum atomic E-state index is 11.2. The molecular weight excluding hydrogens is 326 g/mol. The van der Waals surface area contributed by atoms with Crippen molar-refractivity contribution in [3.63, 3.8) is 0 Å². The van der Waals surface area contributed by atoms with E-state index in [0.29, 0.717) is 19.6 Å². The lowest BCUT2D eigenvalue weighted by Gasteiger charge is -2.14. The van der Waals surface area contributed by atoms with Gasteiger partial charge in [-0.2, -0.15) is 0 Å². The topological polar surface area (TPSA) is 131 Å². The fourth-order valence-electron chi connectivity index (χ4n) is 1.75. The molecule has 0 heterocycles. The number of benzene rings is 1. The van der Waals surface area contributed by atoms with E-state index in [1.165, 1.54) is 6.07 Å². The number of hydrogen-bond acceptors (Lipinski definition) is 6. The Bertz CT molecular complexity index is 568. The average Bonchev–Trinajstić information content (AvgIpc) is 2.48. The van der Waals surface area contributed by atoms with Gasteiger partial charge in [-0.1, -0.05) is 11.6 Å².